The number of piperidine rings is 1. The SMILES string of the molecule is COc1cccc(Cc2cnc(C3CCCCN3C(=O)Cn3cccnc3=O)o2)c1. The maximum atomic E-state index is 12.9. The summed E-state index contributed by atoms with van der Waals surface area (Å²) in [6.45, 7) is 0.576. The first-order valence-electron chi connectivity index (χ1n) is 10.0. The van der Waals surface area contributed by atoms with Crippen LogP contribution in [0.5, 0.6) is 5.75 Å². The van der Waals surface area contributed by atoms with E-state index in [0.29, 0.717) is 18.9 Å². The molecule has 4 rings (SSSR count). The van der Waals surface area contributed by atoms with E-state index in [9.17, 15) is 9.59 Å². The molecule has 1 aliphatic heterocycles. The molecule has 0 N–H and O–H groups in total. The van der Waals surface area contributed by atoms with Gasteiger partial charge in [0.05, 0.1) is 13.3 Å². The molecule has 8 heteroatoms. The lowest BCUT2D eigenvalue weighted by Gasteiger charge is -2.33. The van der Waals surface area contributed by atoms with Crippen molar-refractivity contribution in [2.75, 3.05) is 13.7 Å². The monoisotopic (exact) mass is 408 g/mol. The first kappa shape index (κ1) is 19.9. The standard InChI is InChI=1S/C22H24N4O4/c1-29-17-7-4-6-16(12-17)13-18-14-24-21(30-18)19-8-2-3-11-26(19)20(27)15-25-10-5-9-23-22(25)28/h4-7,9-10,12,14,19H,2-3,8,11,13,15H2,1H3. The van der Waals surface area contributed by atoms with E-state index in [0.717, 1.165) is 36.3 Å². The average Bonchev–Trinajstić information content (AvgIpc) is 3.23. The highest BCUT2D eigenvalue weighted by Gasteiger charge is 2.31. The lowest BCUT2D eigenvalue weighted by atomic mass is 10.0. The fourth-order valence-corrected chi connectivity index (χ4v) is 3.77. The number of oxazole rings is 1. The lowest BCUT2D eigenvalue weighted by Crippen LogP contribution is -2.42. The first-order valence-corrected chi connectivity index (χ1v) is 10.0. The Bertz CT molecular complexity index is 1070. The van der Waals surface area contributed by atoms with Crippen molar-refractivity contribution in [3.05, 3.63) is 76.6 Å². The Morgan fingerprint density at radius 2 is 2.17 bits per heavy atom. The van der Waals surface area contributed by atoms with Crippen molar-refractivity contribution in [1.29, 1.82) is 0 Å². The molecule has 1 saturated heterocycles. The van der Waals surface area contributed by atoms with E-state index in [1.165, 1.54) is 10.8 Å². The molecular formula is C22H24N4O4. The highest BCUT2D eigenvalue weighted by Crippen LogP contribution is 2.31. The molecule has 0 radical (unpaired) electrons. The highest BCUT2D eigenvalue weighted by atomic mass is 16.5. The zero-order chi connectivity index (χ0) is 20.9. The number of hydrogen-bond acceptors (Lipinski definition) is 6. The molecule has 3 aromatic rings. The summed E-state index contributed by atoms with van der Waals surface area (Å²) < 4.78 is 12.6. The predicted molar refractivity (Wildman–Crippen MR) is 109 cm³/mol. The maximum absolute atomic E-state index is 12.9. The van der Waals surface area contributed by atoms with E-state index in [1.807, 2.05) is 24.3 Å². The third-order valence-electron chi connectivity index (χ3n) is 5.28. The Morgan fingerprint density at radius 3 is 3.00 bits per heavy atom. The van der Waals surface area contributed by atoms with Gasteiger partial charge in [-0.2, -0.15) is 0 Å². The fourth-order valence-electron chi connectivity index (χ4n) is 3.77. The molecule has 1 aromatic carbocycles. The molecule has 0 aliphatic carbocycles. The van der Waals surface area contributed by atoms with Crippen molar-refractivity contribution >= 4 is 5.91 Å². The Morgan fingerprint density at radius 1 is 1.27 bits per heavy atom. The van der Waals surface area contributed by atoms with E-state index in [1.54, 1.807) is 30.5 Å². The number of carbonyl (C=O) groups is 1. The van der Waals surface area contributed by atoms with Gasteiger partial charge < -0.3 is 14.1 Å². The molecule has 2 aromatic heterocycles. The van der Waals surface area contributed by atoms with Crippen LogP contribution in [-0.2, 0) is 17.8 Å². The number of likely N-dealkylation sites (tertiary alicyclic amines) is 1. The van der Waals surface area contributed by atoms with Crippen molar-refractivity contribution in [2.45, 2.75) is 38.3 Å². The summed E-state index contributed by atoms with van der Waals surface area (Å²) in [7, 11) is 1.64. The number of nitrogens with zero attached hydrogens (tertiary/aromatic N) is 4. The molecule has 8 nitrogen and oxygen atoms in total. The number of benzene rings is 1. The number of methoxy groups -OCH3 is 1. The fraction of sp³-hybridized carbons (Fsp3) is 0.364. The summed E-state index contributed by atoms with van der Waals surface area (Å²) in [5.41, 5.74) is 0.626. The smallest absolute Gasteiger partial charge is 0.347 e. The summed E-state index contributed by atoms with van der Waals surface area (Å²) in [6.07, 6.45) is 8.00. The Kier molecular flexibility index (Phi) is 5.92. The Balaban J connectivity index is 1.49. The summed E-state index contributed by atoms with van der Waals surface area (Å²) in [5.74, 6) is 1.93. The van der Waals surface area contributed by atoms with Crippen LogP contribution in [0.2, 0.25) is 0 Å². The van der Waals surface area contributed by atoms with Crippen LogP contribution in [-0.4, -0.2) is 39.0 Å². The minimum absolute atomic E-state index is 0.0411. The number of carbonyl (C=O) groups excluding carboxylic acids is 1. The molecular weight excluding hydrogens is 384 g/mol. The zero-order valence-electron chi connectivity index (χ0n) is 16.9. The van der Waals surface area contributed by atoms with Crippen molar-refractivity contribution < 1.29 is 13.9 Å². The van der Waals surface area contributed by atoms with Crippen molar-refractivity contribution in [2.24, 2.45) is 0 Å². The molecule has 30 heavy (non-hydrogen) atoms. The topological polar surface area (TPSA) is 90.5 Å². The van der Waals surface area contributed by atoms with E-state index in [-0.39, 0.29) is 18.5 Å². The van der Waals surface area contributed by atoms with Gasteiger partial charge in [-0.3, -0.25) is 9.36 Å². The zero-order valence-corrected chi connectivity index (χ0v) is 16.9. The molecule has 1 fully saturated rings. The molecule has 1 atom stereocenters. The number of hydrogen-bond donors (Lipinski definition) is 0. The molecule has 0 bridgehead atoms. The molecule has 1 aliphatic rings. The van der Waals surface area contributed by atoms with Gasteiger partial charge in [-0.25, -0.2) is 14.8 Å². The third-order valence-corrected chi connectivity index (χ3v) is 5.28. The number of amides is 1. The van der Waals surface area contributed by atoms with Gasteiger partial charge in [-0.1, -0.05) is 12.1 Å². The number of ether oxygens (including phenoxy) is 1. The van der Waals surface area contributed by atoms with Crippen LogP contribution in [0.4, 0.5) is 0 Å². The van der Waals surface area contributed by atoms with Gasteiger partial charge in [0.2, 0.25) is 11.8 Å². The van der Waals surface area contributed by atoms with E-state index in [2.05, 4.69) is 9.97 Å². The maximum Gasteiger partial charge on any atom is 0.347 e. The molecule has 0 saturated carbocycles. The molecule has 3 heterocycles. The second-order valence-corrected chi connectivity index (χ2v) is 7.32. The van der Waals surface area contributed by atoms with Crippen molar-refractivity contribution in [3.8, 4) is 5.75 Å². The van der Waals surface area contributed by atoms with Gasteiger partial charge >= 0.3 is 5.69 Å². The third kappa shape index (κ3) is 4.42. The molecule has 1 unspecified atom stereocenters. The van der Waals surface area contributed by atoms with Gasteiger partial charge in [0.15, 0.2) is 0 Å². The van der Waals surface area contributed by atoms with Gasteiger partial charge in [-0.15, -0.1) is 0 Å². The minimum Gasteiger partial charge on any atom is -0.497 e. The Hall–Kier alpha value is -3.42. The summed E-state index contributed by atoms with van der Waals surface area (Å²) in [6, 6.07) is 9.22. The van der Waals surface area contributed by atoms with Crippen LogP contribution in [0.3, 0.4) is 0 Å². The Labute approximate surface area is 174 Å². The number of rotatable bonds is 6. The highest BCUT2D eigenvalue weighted by molar-refractivity contribution is 5.76. The molecule has 0 spiro atoms. The summed E-state index contributed by atoms with van der Waals surface area (Å²) in [4.78, 5) is 34.7. The van der Waals surface area contributed by atoms with Crippen LogP contribution in [0.1, 0.15) is 42.5 Å². The van der Waals surface area contributed by atoms with Crippen molar-refractivity contribution in [1.82, 2.24) is 19.4 Å². The van der Waals surface area contributed by atoms with E-state index in [4.69, 9.17) is 9.15 Å². The second kappa shape index (κ2) is 8.94. The van der Waals surface area contributed by atoms with Gasteiger partial charge in [0.25, 0.3) is 0 Å². The van der Waals surface area contributed by atoms with E-state index >= 15 is 0 Å². The van der Waals surface area contributed by atoms with Gasteiger partial charge in [0, 0.05) is 25.4 Å². The van der Waals surface area contributed by atoms with Crippen molar-refractivity contribution in [3.63, 3.8) is 0 Å². The minimum atomic E-state index is -0.434. The predicted octanol–water partition coefficient (Wildman–Crippen LogP) is 2.58. The van der Waals surface area contributed by atoms with E-state index < -0.39 is 5.69 Å². The quantitative estimate of drug-likeness (QED) is 0.623. The molecule has 156 valence electrons. The van der Waals surface area contributed by atoms with Crippen LogP contribution in [0.25, 0.3) is 0 Å². The lowest BCUT2D eigenvalue weighted by molar-refractivity contribution is -0.136. The van der Waals surface area contributed by atoms with Crippen LogP contribution >= 0.6 is 0 Å². The molecule has 1 amide bonds. The van der Waals surface area contributed by atoms with Crippen LogP contribution < -0.4 is 10.4 Å². The first-order chi connectivity index (χ1) is 14.6. The summed E-state index contributed by atoms with van der Waals surface area (Å²) >= 11 is 0. The second-order valence-electron chi connectivity index (χ2n) is 7.32. The van der Waals surface area contributed by atoms with Gasteiger partial charge in [-0.05, 0) is 43.0 Å². The number of aromatic nitrogens is 3. The van der Waals surface area contributed by atoms with Crippen LogP contribution in [0, 0.1) is 0 Å². The largest absolute Gasteiger partial charge is 0.497 e. The van der Waals surface area contributed by atoms with Gasteiger partial charge in [0.1, 0.15) is 24.1 Å². The summed E-state index contributed by atoms with van der Waals surface area (Å²) in [5, 5.41) is 0. The average molecular weight is 408 g/mol. The normalized spacial score (nSPS) is 16.4. The van der Waals surface area contributed by atoms with Crippen LogP contribution in [0.15, 0.2) is 58.1 Å².